The van der Waals surface area contributed by atoms with Crippen LogP contribution in [-0.4, -0.2) is 73.6 Å². The molecule has 2 heterocycles. The summed E-state index contributed by atoms with van der Waals surface area (Å²) in [5, 5.41) is 0. The molecule has 118 valence electrons. The van der Waals surface area contributed by atoms with Gasteiger partial charge in [-0.05, 0) is 63.6 Å². The van der Waals surface area contributed by atoms with Gasteiger partial charge in [-0.25, -0.2) is 0 Å². The van der Waals surface area contributed by atoms with Gasteiger partial charge in [0, 0.05) is 38.8 Å². The molecular weight excluding hydrogens is 258 g/mol. The van der Waals surface area contributed by atoms with Crippen LogP contribution in [0.15, 0.2) is 12.2 Å². The van der Waals surface area contributed by atoms with Crippen LogP contribution in [0.25, 0.3) is 0 Å². The molecule has 3 heteroatoms. The molecule has 21 heavy (non-hydrogen) atoms. The van der Waals surface area contributed by atoms with E-state index < -0.39 is 0 Å². The van der Waals surface area contributed by atoms with Gasteiger partial charge >= 0.3 is 0 Å². The van der Waals surface area contributed by atoms with Crippen molar-refractivity contribution < 1.29 is 0 Å². The molecule has 3 atom stereocenters. The van der Waals surface area contributed by atoms with Crippen LogP contribution in [0.1, 0.15) is 25.7 Å². The Bertz CT molecular complexity index is 378. The Morgan fingerprint density at radius 1 is 0.905 bits per heavy atom. The fraction of sp³-hybridized carbons (Fsp3) is 0.889. The van der Waals surface area contributed by atoms with Crippen molar-refractivity contribution in [3.8, 4) is 0 Å². The molecule has 2 bridgehead atoms. The summed E-state index contributed by atoms with van der Waals surface area (Å²) in [6, 6.07) is 0.870. The fourth-order valence-corrected chi connectivity index (χ4v) is 5.09. The Labute approximate surface area is 130 Å². The lowest BCUT2D eigenvalue weighted by Gasteiger charge is -2.42. The SMILES string of the molecule is CN1CCN(C2CCN(C[C@H]3C[C@H]4C=C[C@H]3C4)CC2)CC1. The van der Waals surface area contributed by atoms with Gasteiger partial charge in [0.05, 0.1) is 0 Å². The Kier molecular flexibility index (Phi) is 4.08. The Balaban J connectivity index is 1.23. The quantitative estimate of drug-likeness (QED) is 0.735. The van der Waals surface area contributed by atoms with Gasteiger partial charge in [0.25, 0.3) is 0 Å². The third kappa shape index (κ3) is 3.06. The van der Waals surface area contributed by atoms with Crippen molar-refractivity contribution >= 4 is 0 Å². The number of nitrogens with zero attached hydrogens (tertiary/aromatic N) is 3. The number of piperazine rings is 1. The zero-order valence-corrected chi connectivity index (χ0v) is 13.6. The number of piperidine rings is 1. The van der Waals surface area contributed by atoms with Crippen molar-refractivity contribution in [1.29, 1.82) is 0 Å². The molecule has 0 spiro atoms. The second-order valence-corrected chi connectivity index (χ2v) is 7.91. The van der Waals surface area contributed by atoms with Crippen molar-refractivity contribution in [3.63, 3.8) is 0 Å². The van der Waals surface area contributed by atoms with Crippen LogP contribution in [-0.2, 0) is 0 Å². The Morgan fingerprint density at radius 3 is 2.29 bits per heavy atom. The van der Waals surface area contributed by atoms with E-state index in [-0.39, 0.29) is 0 Å². The van der Waals surface area contributed by atoms with Crippen molar-refractivity contribution in [3.05, 3.63) is 12.2 Å². The van der Waals surface area contributed by atoms with Gasteiger partial charge in [0.1, 0.15) is 0 Å². The molecule has 1 saturated carbocycles. The fourth-order valence-electron chi connectivity index (χ4n) is 5.09. The number of likely N-dealkylation sites (tertiary alicyclic amines) is 1. The molecule has 2 aliphatic carbocycles. The van der Waals surface area contributed by atoms with Gasteiger partial charge in [-0.2, -0.15) is 0 Å². The first-order valence-corrected chi connectivity index (χ1v) is 9.11. The molecule has 0 unspecified atom stereocenters. The van der Waals surface area contributed by atoms with E-state index in [4.69, 9.17) is 0 Å². The molecule has 0 amide bonds. The van der Waals surface area contributed by atoms with Crippen molar-refractivity contribution in [2.24, 2.45) is 17.8 Å². The first-order chi connectivity index (χ1) is 10.3. The molecule has 3 nitrogen and oxygen atoms in total. The molecule has 4 rings (SSSR count). The van der Waals surface area contributed by atoms with Crippen LogP contribution in [0.5, 0.6) is 0 Å². The second-order valence-electron chi connectivity index (χ2n) is 7.91. The number of hydrogen-bond donors (Lipinski definition) is 0. The van der Waals surface area contributed by atoms with Gasteiger partial charge in [-0.15, -0.1) is 0 Å². The lowest BCUT2D eigenvalue weighted by molar-refractivity contribution is 0.0619. The third-order valence-electron chi connectivity index (χ3n) is 6.52. The smallest absolute Gasteiger partial charge is 0.0121 e. The minimum absolute atomic E-state index is 0.870. The lowest BCUT2D eigenvalue weighted by Crippen LogP contribution is -2.52. The minimum Gasteiger partial charge on any atom is -0.304 e. The molecule has 2 aliphatic heterocycles. The van der Waals surface area contributed by atoms with E-state index in [9.17, 15) is 0 Å². The molecule has 0 radical (unpaired) electrons. The summed E-state index contributed by atoms with van der Waals surface area (Å²) in [7, 11) is 2.25. The maximum Gasteiger partial charge on any atom is 0.0121 e. The summed E-state index contributed by atoms with van der Waals surface area (Å²) in [5.74, 6) is 2.83. The van der Waals surface area contributed by atoms with Gasteiger partial charge in [-0.1, -0.05) is 12.2 Å². The topological polar surface area (TPSA) is 9.72 Å². The van der Waals surface area contributed by atoms with E-state index in [2.05, 4.69) is 33.9 Å². The largest absolute Gasteiger partial charge is 0.304 e. The van der Waals surface area contributed by atoms with E-state index >= 15 is 0 Å². The lowest BCUT2D eigenvalue weighted by atomic mass is 9.92. The maximum atomic E-state index is 2.77. The zero-order chi connectivity index (χ0) is 14.2. The van der Waals surface area contributed by atoms with E-state index in [1.165, 1.54) is 71.5 Å². The molecule has 3 fully saturated rings. The average molecular weight is 289 g/mol. The first-order valence-electron chi connectivity index (χ1n) is 9.11. The molecule has 4 aliphatic rings. The van der Waals surface area contributed by atoms with Crippen molar-refractivity contribution in [1.82, 2.24) is 14.7 Å². The Hall–Kier alpha value is -0.380. The predicted octanol–water partition coefficient (Wildman–Crippen LogP) is 1.91. The minimum atomic E-state index is 0.870. The van der Waals surface area contributed by atoms with Crippen molar-refractivity contribution in [2.75, 3.05) is 52.9 Å². The number of rotatable bonds is 3. The molecule has 0 N–H and O–H groups in total. The maximum absolute atomic E-state index is 2.77. The molecule has 2 saturated heterocycles. The van der Waals surface area contributed by atoms with E-state index in [1.807, 2.05) is 0 Å². The molecule has 0 aromatic rings. The number of likely N-dealkylation sites (N-methyl/N-ethyl adjacent to an activating group) is 1. The third-order valence-corrected chi connectivity index (χ3v) is 6.52. The summed E-state index contributed by atoms with van der Waals surface area (Å²) in [6.45, 7) is 9.16. The number of allylic oxidation sites excluding steroid dienone is 2. The molecule has 0 aromatic carbocycles. The van der Waals surface area contributed by atoms with Gasteiger partial charge < -0.3 is 9.80 Å². The van der Waals surface area contributed by atoms with E-state index in [0.29, 0.717) is 0 Å². The normalized spacial score (nSPS) is 39.4. The van der Waals surface area contributed by atoms with Crippen LogP contribution in [0.4, 0.5) is 0 Å². The highest BCUT2D eigenvalue weighted by Crippen LogP contribution is 2.43. The average Bonchev–Trinajstić information content (AvgIpc) is 3.12. The Morgan fingerprint density at radius 2 is 1.67 bits per heavy atom. The van der Waals surface area contributed by atoms with Crippen LogP contribution in [0, 0.1) is 17.8 Å². The standard InChI is InChI=1S/C18H31N3/c1-19-8-10-21(11-9-19)18-4-6-20(7-5-18)14-17-13-15-2-3-16(17)12-15/h2-3,15-18H,4-14H2,1H3/t15-,16-,17+/m0/s1. The van der Waals surface area contributed by atoms with Crippen LogP contribution >= 0.6 is 0 Å². The van der Waals surface area contributed by atoms with E-state index in [0.717, 1.165) is 23.8 Å². The van der Waals surface area contributed by atoms with Crippen LogP contribution in [0.3, 0.4) is 0 Å². The zero-order valence-electron chi connectivity index (χ0n) is 13.6. The van der Waals surface area contributed by atoms with E-state index in [1.54, 1.807) is 0 Å². The summed E-state index contributed by atoms with van der Waals surface area (Å²) in [6.07, 6.45) is 10.7. The first kappa shape index (κ1) is 14.2. The summed E-state index contributed by atoms with van der Waals surface area (Å²) >= 11 is 0. The van der Waals surface area contributed by atoms with Gasteiger partial charge in [-0.3, -0.25) is 4.90 Å². The second kappa shape index (κ2) is 6.02. The van der Waals surface area contributed by atoms with Crippen LogP contribution < -0.4 is 0 Å². The molecule has 0 aromatic heterocycles. The number of fused-ring (bicyclic) bond motifs is 2. The summed E-state index contributed by atoms with van der Waals surface area (Å²) in [4.78, 5) is 8.00. The van der Waals surface area contributed by atoms with Gasteiger partial charge in [0.2, 0.25) is 0 Å². The predicted molar refractivity (Wildman–Crippen MR) is 87.4 cm³/mol. The van der Waals surface area contributed by atoms with Crippen LogP contribution in [0.2, 0.25) is 0 Å². The highest BCUT2D eigenvalue weighted by atomic mass is 15.3. The summed E-state index contributed by atoms with van der Waals surface area (Å²) < 4.78 is 0. The highest BCUT2D eigenvalue weighted by Gasteiger charge is 2.37. The van der Waals surface area contributed by atoms with Crippen molar-refractivity contribution in [2.45, 2.75) is 31.7 Å². The highest BCUT2D eigenvalue weighted by molar-refractivity contribution is 5.10. The molecular formula is C18H31N3. The summed E-state index contributed by atoms with van der Waals surface area (Å²) in [5.41, 5.74) is 0. The number of hydrogen-bond acceptors (Lipinski definition) is 3. The monoisotopic (exact) mass is 289 g/mol. The van der Waals surface area contributed by atoms with Gasteiger partial charge in [0.15, 0.2) is 0 Å².